The maximum atomic E-state index is 11.2. The molecule has 12 heavy (non-hydrogen) atoms. The van der Waals surface area contributed by atoms with Gasteiger partial charge in [-0.25, -0.2) is 0 Å². The largest absolute Gasteiger partial charge is 0.496 e. The molecule has 1 aliphatic heterocycles. The number of thioether (sulfide) groups is 1. The first-order chi connectivity index (χ1) is 5.75. The van der Waals surface area contributed by atoms with Gasteiger partial charge in [0.25, 0.3) is 5.91 Å². The van der Waals surface area contributed by atoms with Crippen molar-refractivity contribution in [2.24, 2.45) is 4.99 Å². The van der Waals surface area contributed by atoms with Crippen LogP contribution in [0, 0.1) is 0 Å². The minimum Gasteiger partial charge on any atom is -0.496 e. The van der Waals surface area contributed by atoms with Crippen LogP contribution < -0.4 is 0 Å². The lowest BCUT2D eigenvalue weighted by molar-refractivity contribution is -0.113. The Balaban J connectivity index is 2.84. The Hall–Kier alpha value is -0.640. The quantitative estimate of drug-likeness (QED) is 0.477. The van der Waals surface area contributed by atoms with Crippen LogP contribution in [0.1, 0.15) is 6.92 Å². The predicted octanol–water partition coefficient (Wildman–Crippen LogP) is 1.61. The van der Waals surface area contributed by atoms with E-state index in [1.165, 1.54) is 11.8 Å². The van der Waals surface area contributed by atoms with Crippen molar-refractivity contribution in [1.82, 2.24) is 0 Å². The molecule has 0 radical (unpaired) electrons. The van der Waals surface area contributed by atoms with Gasteiger partial charge in [0.15, 0.2) is 0 Å². The number of hydrogen-bond acceptors (Lipinski definition) is 4. The van der Waals surface area contributed by atoms with E-state index in [-0.39, 0.29) is 5.91 Å². The number of allylic oxidation sites excluding steroid dienone is 1. The number of ether oxygens (including phenoxy) is 1. The molecule has 0 N–H and O–H groups in total. The second-order valence-corrected chi connectivity index (χ2v) is 3.38. The van der Waals surface area contributed by atoms with E-state index < -0.39 is 0 Å². The first kappa shape index (κ1) is 9.45. The molecule has 0 saturated carbocycles. The molecule has 64 valence electrons. The van der Waals surface area contributed by atoms with Crippen LogP contribution in [0.2, 0.25) is 0 Å². The van der Waals surface area contributed by atoms with E-state index in [0.29, 0.717) is 17.3 Å². The number of carbonyl (C=O) groups excluding carboxylic acids is 1. The number of nitrogens with zero attached hydrogens (tertiary/aromatic N) is 1. The highest BCUT2D eigenvalue weighted by Crippen LogP contribution is 2.25. The van der Waals surface area contributed by atoms with Gasteiger partial charge < -0.3 is 4.74 Å². The Labute approximate surface area is 79.9 Å². The third-order valence-corrected chi connectivity index (χ3v) is 2.52. The van der Waals surface area contributed by atoms with Crippen molar-refractivity contribution in [2.45, 2.75) is 6.92 Å². The van der Waals surface area contributed by atoms with Crippen molar-refractivity contribution < 1.29 is 9.53 Å². The lowest BCUT2D eigenvalue weighted by Gasteiger charge is -2.15. The molecular weight excluding hydrogens is 194 g/mol. The summed E-state index contributed by atoms with van der Waals surface area (Å²) in [6.07, 6.45) is 0. The van der Waals surface area contributed by atoms with Gasteiger partial charge in [-0.3, -0.25) is 4.79 Å². The predicted molar refractivity (Wildman–Crippen MR) is 51.1 cm³/mol. The van der Waals surface area contributed by atoms with E-state index in [1.54, 1.807) is 6.92 Å². The van der Waals surface area contributed by atoms with E-state index in [4.69, 9.17) is 4.74 Å². The number of isothiocyanates is 1. The van der Waals surface area contributed by atoms with Crippen molar-refractivity contribution in [1.29, 1.82) is 0 Å². The summed E-state index contributed by atoms with van der Waals surface area (Å²) >= 11 is 5.77. The van der Waals surface area contributed by atoms with Crippen LogP contribution in [-0.2, 0) is 9.53 Å². The van der Waals surface area contributed by atoms with E-state index >= 15 is 0 Å². The first-order valence-electron chi connectivity index (χ1n) is 3.34. The van der Waals surface area contributed by atoms with Crippen LogP contribution in [-0.4, -0.2) is 23.4 Å². The van der Waals surface area contributed by atoms with Crippen LogP contribution in [0.4, 0.5) is 0 Å². The van der Waals surface area contributed by atoms with Gasteiger partial charge in [-0.05, 0) is 19.1 Å². The average Bonchev–Trinajstić information content (AvgIpc) is 2.05. The Morgan fingerprint density at radius 1 is 1.83 bits per heavy atom. The minimum atomic E-state index is -0.354. The third kappa shape index (κ3) is 2.17. The van der Waals surface area contributed by atoms with Crippen LogP contribution in [0.5, 0.6) is 0 Å². The van der Waals surface area contributed by atoms with Crippen molar-refractivity contribution in [3.8, 4) is 0 Å². The van der Waals surface area contributed by atoms with Crippen molar-refractivity contribution in [3.05, 3.63) is 10.7 Å². The molecule has 0 atom stereocenters. The molecule has 0 aromatic carbocycles. The van der Waals surface area contributed by atoms with E-state index in [1.807, 2.05) is 5.16 Å². The van der Waals surface area contributed by atoms with Gasteiger partial charge in [-0.2, -0.15) is 4.99 Å². The third-order valence-electron chi connectivity index (χ3n) is 1.31. The van der Waals surface area contributed by atoms with E-state index in [0.717, 1.165) is 5.75 Å². The van der Waals surface area contributed by atoms with Gasteiger partial charge in [0.1, 0.15) is 10.7 Å². The molecule has 1 aliphatic rings. The Morgan fingerprint density at radius 3 is 3.17 bits per heavy atom. The topological polar surface area (TPSA) is 38.7 Å². The second kappa shape index (κ2) is 4.40. The second-order valence-electron chi connectivity index (χ2n) is 2.09. The number of amides is 1. The van der Waals surface area contributed by atoms with Gasteiger partial charge in [0, 0.05) is 5.75 Å². The van der Waals surface area contributed by atoms with Gasteiger partial charge in [0.2, 0.25) is 0 Å². The minimum absolute atomic E-state index is 0.354. The summed E-state index contributed by atoms with van der Waals surface area (Å²) in [5, 5.41) is 2.04. The lowest BCUT2D eigenvalue weighted by Crippen LogP contribution is -2.09. The number of carbonyl (C=O) groups is 1. The van der Waals surface area contributed by atoms with Crippen molar-refractivity contribution in [3.63, 3.8) is 0 Å². The molecule has 1 amide bonds. The summed E-state index contributed by atoms with van der Waals surface area (Å²) in [5.74, 6) is 1.06. The van der Waals surface area contributed by atoms with Crippen LogP contribution >= 0.6 is 24.0 Å². The number of hydrogen-bond donors (Lipinski definition) is 0. The molecule has 0 aliphatic carbocycles. The Kier molecular flexibility index (Phi) is 3.47. The molecule has 0 saturated heterocycles. The Bertz CT molecular complexity index is 276. The Morgan fingerprint density at radius 2 is 2.58 bits per heavy atom. The highest BCUT2D eigenvalue weighted by Gasteiger charge is 2.17. The summed E-state index contributed by atoms with van der Waals surface area (Å²) in [5.41, 5.74) is 0. The summed E-state index contributed by atoms with van der Waals surface area (Å²) in [4.78, 5) is 15.1. The van der Waals surface area contributed by atoms with Gasteiger partial charge in [-0.15, -0.1) is 11.8 Å². The van der Waals surface area contributed by atoms with Gasteiger partial charge >= 0.3 is 0 Å². The maximum Gasteiger partial charge on any atom is 0.295 e. The normalized spacial score (nSPS) is 16.4. The highest BCUT2D eigenvalue weighted by atomic mass is 32.2. The van der Waals surface area contributed by atoms with Gasteiger partial charge in [-0.1, -0.05) is 0 Å². The fourth-order valence-corrected chi connectivity index (χ4v) is 1.70. The zero-order chi connectivity index (χ0) is 8.97. The molecular formula is C7H7NO2S2. The smallest absolute Gasteiger partial charge is 0.295 e. The summed E-state index contributed by atoms with van der Waals surface area (Å²) < 4.78 is 5.17. The van der Waals surface area contributed by atoms with Crippen LogP contribution in [0.25, 0.3) is 0 Å². The molecule has 0 fully saturated rings. The molecule has 0 unspecified atom stereocenters. The fourth-order valence-electron chi connectivity index (χ4n) is 0.810. The number of thiocarbonyl (C=S) groups is 1. The fraction of sp³-hybridized carbons (Fsp3) is 0.429. The summed E-state index contributed by atoms with van der Waals surface area (Å²) in [6.45, 7) is 2.40. The van der Waals surface area contributed by atoms with Crippen molar-refractivity contribution >= 4 is 35.0 Å². The highest BCUT2D eigenvalue weighted by molar-refractivity contribution is 8.04. The van der Waals surface area contributed by atoms with Crippen molar-refractivity contribution in [2.75, 3.05) is 12.4 Å². The standard InChI is InChI=1S/C7H7NO2S2/c1-5-6(7(9)8-4-11)12-3-2-10-5/h2-3H2,1H3. The molecule has 0 aromatic rings. The lowest BCUT2D eigenvalue weighted by atomic mass is 10.4. The maximum absolute atomic E-state index is 11.2. The molecule has 5 heteroatoms. The zero-order valence-electron chi connectivity index (χ0n) is 6.49. The number of aliphatic imine (C=N–C) groups is 1. The first-order valence-corrected chi connectivity index (χ1v) is 4.73. The monoisotopic (exact) mass is 201 g/mol. The number of rotatable bonds is 1. The van der Waals surface area contributed by atoms with Gasteiger partial charge in [0.05, 0.1) is 11.8 Å². The molecule has 0 bridgehead atoms. The van der Waals surface area contributed by atoms with E-state index in [2.05, 4.69) is 17.2 Å². The van der Waals surface area contributed by atoms with E-state index in [9.17, 15) is 4.79 Å². The zero-order valence-corrected chi connectivity index (χ0v) is 8.13. The molecule has 0 spiro atoms. The molecule has 1 rings (SSSR count). The molecule has 1 heterocycles. The molecule has 0 aromatic heterocycles. The summed E-state index contributed by atoms with van der Waals surface area (Å²) in [7, 11) is 0. The SMILES string of the molecule is CC1=C(C(=O)N=C=S)SCCO1. The summed E-state index contributed by atoms with van der Waals surface area (Å²) in [6, 6.07) is 0. The molecule has 3 nitrogen and oxygen atoms in total. The van der Waals surface area contributed by atoms with Crippen LogP contribution in [0.3, 0.4) is 0 Å². The van der Waals surface area contributed by atoms with Crippen LogP contribution in [0.15, 0.2) is 15.7 Å². The average molecular weight is 201 g/mol.